The zero-order chi connectivity index (χ0) is 19.4. The van der Waals surface area contributed by atoms with Crippen LogP contribution in [0.3, 0.4) is 0 Å². The second-order valence-corrected chi connectivity index (χ2v) is 7.97. The van der Waals surface area contributed by atoms with E-state index in [4.69, 9.17) is 4.74 Å². The van der Waals surface area contributed by atoms with Gasteiger partial charge in [0.1, 0.15) is 16.8 Å². The van der Waals surface area contributed by atoms with Crippen LogP contribution in [0, 0.1) is 11.8 Å². The van der Waals surface area contributed by atoms with E-state index in [1.165, 1.54) is 11.3 Å². The SMILES string of the molecule is COc1ccc(-c2nnc(NC(=O)[C@@H](NC(=O)C3CCC3)C(C)C)s2)cc1. The average molecular weight is 388 g/mol. The van der Waals surface area contributed by atoms with E-state index in [-0.39, 0.29) is 23.7 Å². The molecule has 1 aromatic carbocycles. The summed E-state index contributed by atoms with van der Waals surface area (Å²) >= 11 is 1.29. The number of rotatable bonds is 7. The molecule has 2 N–H and O–H groups in total. The molecule has 0 aliphatic heterocycles. The number of methoxy groups -OCH3 is 1. The van der Waals surface area contributed by atoms with Crippen LogP contribution in [0.5, 0.6) is 5.75 Å². The zero-order valence-electron chi connectivity index (χ0n) is 15.7. The molecule has 8 heteroatoms. The van der Waals surface area contributed by atoms with Crippen LogP contribution >= 0.6 is 11.3 Å². The second-order valence-electron chi connectivity index (χ2n) is 6.99. The number of hydrogen-bond donors (Lipinski definition) is 2. The number of benzene rings is 1. The van der Waals surface area contributed by atoms with E-state index in [9.17, 15) is 9.59 Å². The van der Waals surface area contributed by atoms with Gasteiger partial charge < -0.3 is 10.1 Å². The summed E-state index contributed by atoms with van der Waals surface area (Å²) in [4.78, 5) is 24.9. The van der Waals surface area contributed by atoms with Crippen molar-refractivity contribution in [2.24, 2.45) is 11.8 Å². The quantitative estimate of drug-likeness (QED) is 0.760. The third-order valence-electron chi connectivity index (χ3n) is 4.71. The van der Waals surface area contributed by atoms with E-state index in [1.54, 1.807) is 7.11 Å². The Morgan fingerprint density at radius 2 is 1.89 bits per heavy atom. The lowest BCUT2D eigenvalue weighted by atomic mass is 9.84. The van der Waals surface area contributed by atoms with Crippen molar-refractivity contribution in [3.8, 4) is 16.3 Å². The molecule has 0 spiro atoms. The smallest absolute Gasteiger partial charge is 0.249 e. The number of anilines is 1. The number of aromatic nitrogens is 2. The summed E-state index contributed by atoms with van der Waals surface area (Å²) in [7, 11) is 1.61. The first kappa shape index (κ1) is 19.3. The molecule has 3 rings (SSSR count). The van der Waals surface area contributed by atoms with Crippen molar-refractivity contribution in [2.45, 2.75) is 39.2 Å². The van der Waals surface area contributed by atoms with Crippen LogP contribution in [0.15, 0.2) is 24.3 Å². The lowest BCUT2D eigenvalue weighted by Gasteiger charge is -2.28. The second kappa shape index (κ2) is 8.47. The molecule has 1 fully saturated rings. The molecule has 2 aromatic rings. The lowest BCUT2D eigenvalue weighted by Crippen LogP contribution is -2.49. The van der Waals surface area contributed by atoms with Crippen LogP contribution in [0.1, 0.15) is 33.1 Å². The highest BCUT2D eigenvalue weighted by atomic mass is 32.1. The van der Waals surface area contributed by atoms with Gasteiger partial charge in [-0.05, 0) is 43.0 Å². The highest BCUT2D eigenvalue weighted by Crippen LogP contribution is 2.28. The minimum absolute atomic E-state index is 0.0250. The van der Waals surface area contributed by atoms with Gasteiger partial charge in [0.05, 0.1) is 7.11 Å². The van der Waals surface area contributed by atoms with Gasteiger partial charge >= 0.3 is 0 Å². The van der Waals surface area contributed by atoms with Gasteiger partial charge in [0.2, 0.25) is 16.9 Å². The maximum Gasteiger partial charge on any atom is 0.249 e. The van der Waals surface area contributed by atoms with E-state index in [0.29, 0.717) is 10.1 Å². The summed E-state index contributed by atoms with van der Waals surface area (Å²) in [5.41, 5.74) is 0.896. The van der Waals surface area contributed by atoms with E-state index < -0.39 is 6.04 Å². The van der Waals surface area contributed by atoms with Crippen molar-refractivity contribution in [3.05, 3.63) is 24.3 Å². The number of amides is 2. The molecule has 1 aliphatic carbocycles. The van der Waals surface area contributed by atoms with Gasteiger partial charge in [-0.2, -0.15) is 0 Å². The van der Waals surface area contributed by atoms with E-state index >= 15 is 0 Å². The molecule has 0 unspecified atom stereocenters. The van der Waals surface area contributed by atoms with Gasteiger partial charge in [-0.25, -0.2) is 0 Å². The summed E-state index contributed by atoms with van der Waals surface area (Å²) < 4.78 is 5.15. The monoisotopic (exact) mass is 388 g/mol. The van der Waals surface area contributed by atoms with Gasteiger partial charge in [0.25, 0.3) is 0 Å². The van der Waals surface area contributed by atoms with Crippen molar-refractivity contribution in [2.75, 3.05) is 12.4 Å². The van der Waals surface area contributed by atoms with Crippen LogP contribution in [-0.2, 0) is 9.59 Å². The maximum atomic E-state index is 12.6. The summed E-state index contributed by atoms with van der Waals surface area (Å²) in [5, 5.41) is 15.0. The predicted octanol–water partition coefficient (Wildman–Crippen LogP) is 3.09. The van der Waals surface area contributed by atoms with Gasteiger partial charge in [-0.3, -0.25) is 14.9 Å². The molecule has 1 saturated carbocycles. The Balaban J connectivity index is 1.64. The molecule has 27 heavy (non-hydrogen) atoms. The summed E-state index contributed by atoms with van der Waals surface area (Å²) in [6.45, 7) is 3.82. The highest BCUT2D eigenvalue weighted by molar-refractivity contribution is 7.18. The Hall–Kier alpha value is -2.48. The molecular weight excluding hydrogens is 364 g/mol. The van der Waals surface area contributed by atoms with Crippen LogP contribution < -0.4 is 15.4 Å². The van der Waals surface area contributed by atoms with Crippen molar-refractivity contribution in [1.82, 2.24) is 15.5 Å². The number of ether oxygens (including phenoxy) is 1. The third kappa shape index (κ3) is 4.63. The van der Waals surface area contributed by atoms with Crippen molar-refractivity contribution in [3.63, 3.8) is 0 Å². The van der Waals surface area contributed by atoms with E-state index in [1.807, 2.05) is 38.1 Å². The van der Waals surface area contributed by atoms with Crippen LogP contribution in [0.2, 0.25) is 0 Å². The molecule has 1 aromatic heterocycles. The number of nitrogens with one attached hydrogen (secondary N) is 2. The van der Waals surface area contributed by atoms with Gasteiger partial charge in [0.15, 0.2) is 0 Å². The molecule has 1 atom stereocenters. The van der Waals surface area contributed by atoms with Crippen LogP contribution in [0.4, 0.5) is 5.13 Å². The molecule has 0 bridgehead atoms. The Labute approximate surface area is 162 Å². The highest BCUT2D eigenvalue weighted by Gasteiger charge is 2.31. The molecular formula is C19H24N4O3S. The number of hydrogen-bond acceptors (Lipinski definition) is 6. The van der Waals surface area contributed by atoms with Crippen LogP contribution in [-0.4, -0.2) is 35.2 Å². The maximum absolute atomic E-state index is 12.6. The third-order valence-corrected chi connectivity index (χ3v) is 5.60. The minimum Gasteiger partial charge on any atom is -0.497 e. The Morgan fingerprint density at radius 3 is 2.44 bits per heavy atom. The fourth-order valence-corrected chi connectivity index (χ4v) is 3.54. The van der Waals surface area contributed by atoms with Crippen molar-refractivity contribution >= 4 is 28.3 Å². The Kier molecular flexibility index (Phi) is 6.05. The topological polar surface area (TPSA) is 93.2 Å². The molecule has 7 nitrogen and oxygen atoms in total. The molecule has 144 valence electrons. The molecule has 2 amide bonds. The zero-order valence-corrected chi connectivity index (χ0v) is 16.5. The van der Waals surface area contributed by atoms with E-state index in [2.05, 4.69) is 20.8 Å². The van der Waals surface area contributed by atoms with Gasteiger partial charge in [0, 0.05) is 11.5 Å². The van der Waals surface area contributed by atoms with Crippen molar-refractivity contribution in [1.29, 1.82) is 0 Å². The number of carbonyl (C=O) groups is 2. The number of nitrogens with zero attached hydrogens (tertiary/aromatic N) is 2. The first-order valence-electron chi connectivity index (χ1n) is 9.07. The molecule has 0 saturated heterocycles. The summed E-state index contributed by atoms with van der Waals surface area (Å²) in [6.07, 6.45) is 2.88. The first-order valence-corrected chi connectivity index (χ1v) is 9.88. The minimum atomic E-state index is -0.591. The Morgan fingerprint density at radius 1 is 1.19 bits per heavy atom. The largest absolute Gasteiger partial charge is 0.497 e. The first-order chi connectivity index (χ1) is 13.0. The molecule has 1 aliphatic rings. The summed E-state index contributed by atoms with van der Waals surface area (Å²) in [5.74, 6) is 0.477. The predicted molar refractivity (Wildman–Crippen MR) is 105 cm³/mol. The Bertz CT molecular complexity index is 800. The summed E-state index contributed by atoms with van der Waals surface area (Å²) in [6, 6.07) is 6.88. The average Bonchev–Trinajstić information content (AvgIpc) is 3.06. The number of carbonyl (C=O) groups excluding carboxylic acids is 2. The fourth-order valence-electron chi connectivity index (χ4n) is 2.78. The van der Waals surface area contributed by atoms with Gasteiger partial charge in [-0.1, -0.05) is 31.6 Å². The van der Waals surface area contributed by atoms with Gasteiger partial charge in [-0.15, -0.1) is 10.2 Å². The van der Waals surface area contributed by atoms with Crippen LogP contribution in [0.25, 0.3) is 10.6 Å². The lowest BCUT2D eigenvalue weighted by molar-refractivity contribution is -0.131. The molecule has 1 heterocycles. The van der Waals surface area contributed by atoms with Crippen molar-refractivity contribution < 1.29 is 14.3 Å². The van der Waals surface area contributed by atoms with E-state index in [0.717, 1.165) is 30.6 Å². The fraction of sp³-hybridized carbons (Fsp3) is 0.474. The molecule has 0 radical (unpaired) electrons. The normalized spacial score (nSPS) is 15.1. The standard InChI is InChI=1S/C19H24N4O3S/c1-11(2)15(20-16(24)12-5-4-6-12)17(25)21-19-23-22-18(27-19)13-7-9-14(26-3)10-8-13/h7-12,15H,4-6H2,1-3H3,(H,20,24)(H,21,23,25)/t15-/m0/s1.